The molecule has 8 aromatic rings. The smallest absolute Gasteiger partial charge is 0.0715 e. The zero-order valence-corrected chi connectivity index (χ0v) is 27.7. The Kier molecular flexibility index (Phi) is 6.88. The fourth-order valence-electron chi connectivity index (χ4n) is 7.82. The lowest BCUT2D eigenvalue weighted by Gasteiger charge is -2.24. The van der Waals surface area contributed by atoms with Crippen molar-refractivity contribution in [3.8, 4) is 67.0 Å². The molecule has 1 aliphatic carbocycles. The summed E-state index contributed by atoms with van der Waals surface area (Å²) in [5, 5.41) is 2.63. The summed E-state index contributed by atoms with van der Waals surface area (Å²) in [5.74, 6) is 0. The molecule has 0 atom stereocenters. The monoisotopic (exact) mass is 625 g/mol. The van der Waals surface area contributed by atoms with Gasteiger partial charge in [-0.25, -0.2) is 4.98 Å². The van der Waals surface area contributed by atoms with E-state index >= 15 is 0 Å². The summed E-state index contributed by atoms with van der Waals surface area (Å²) in [7, 11) is 0. The fraction of sp³-hybridized carbons (Fsp3) is 0.0625. The van der Waals surface area contributed by atoms with Crippen LogP contribution >= 0.6 is 0 Å². The molecule has 0 saturated carbocycles. The van der Waals surface area contributed by atoms with Gasteiger partial charge in [-0.3, -0.25) is 0 Å². The van der Waals surface area contributed by atoms with Crippen molar-refractivity contribution in [1.29, 1.82) is 0 Å². The van der Waals surface area contributed by atoms with Crippen LogP contribution in [0.5, 0.6) is 0 Å². The minimum atomic E-state index is -0.0807. The number of hydrogen-bond donors (Lipinski definition) is 0. The molecule has 0 bridgehead atoms. The average molecular weight is 626 g/mol. The van der Waals surface area contributed by atoms with Crippen LogP contribution in [0.4, 0.5) is 0 Å². The molecule has 1 nitrogen and oxygen atoms in total. The predicted octanol–water partition coefficient (Wildman–Crippen LogP) is 12.9. The SMILES string of the molecule is CC1(C)c2ccccc2-c2c(-c3cccc(-c4ccc(-c5cc(-c6ccccc6)nc(-c6ccccc6)c5)cc4)c3)cc3ccccc3c21. The zero-order valence-electron chi connectivity index (χ0n) is 27.7. The summed E-state index contributed by atoms with van der Waals surface area (Å²) in [6, 6.07) is 63.6. The van der Waals surface area contributed by atoms with Gasteiger partial charge in [-0.15, -0.1) is 0 Å². The summed E-state index contributed by atoms with van der Waals surface area (Å²) in [6.07, 6.45) is 0. The van der Waals surface area contributed by atoms with Crippen molar-refractivity contribution in [1.82, 2.24) is 4.98 Å². The van der Waals surface area contributed by atoms with E-state index in [-0.39, 0.29) is 5.41 Å². The molecular weight excluding hydrogens is 591 g/mol. The summed E-state index contributed by atoms with van der Waals surface area (Å²) < 4.78 is 0. The first-order valence-corrected chi connectivity index (χ1v) is 17.0. The quantitative estimate of drug-likeness (QED) is 0.185. The van der Waals surface area contributed by atoms with Crippen molar-refractivity contribution in [2.24, 2.45) is 0 Å². The van der Waals surface area contributed by atoms with E-state index in [1.165, 1.54) is 60.8 Å². The molecule has 1 aliphatic rings. The Morgan fingerprint density at radius 2 is 0.939 bits per heavy atom. The fourth-order valence-corrected chi connectivity index (χ4v) is 7.82. The van der Waals surface area contributed by atoms with Crippen molar-refractivity contribution in [3.63, 3.8) is 0 Å². The van der Waals surface area contributed by atoms with Gasteiger partial charge >= 0.3 is 0 Å². The molecule has 0 fully saturated rings. The Labute approximate surface area is 288 Å². The molecular formula is C48H35N. The molecule has 0 aliphatic heterocycles. The Hall–Kier alpha value is -6.05. The van der Waals surface area contributed by atoms with Crippen molar-refractivity contribution >= 4 is 10.8 Å². The van der Waals surface area contributed by atoms with Crippen LogP contribution in [0.1, 0.15) is 25.0 Å². The molecule has 0 unspecified atom stereocenters. The average Bonchev–Trinajstić information content (AvgIpc) is 3.42. The summed E-state index contributed by atoms with van der Waals surface area (Å²) in [6.45, 7) is 4.75. The van der Waals surface area contributed by atoms with Gasteiger partial charge in [-0.05, 0) is 90.7 Å². The first kappa shape index (κ1) is 29.1. The van der Waals surface area contributed by atoms with Crippen LogP contribution in [-0.4, -0.2) is 4.98 Å². The van der Waals surface area contributed by atoms with Crippen LogP contribution in [-0.2, 0) is 5.41 Å². The minimum absolute atomic E-state index is 0.0807. The second kappa shape index (κ2) is 11.6. The van der Waals surface area contributed by atoms with Gasteiger partial charge in [0.2, 0.25) is 0 Å². The van der Waals surface area contributed by atoms with Gasteiger partial charge in [0.25, 0.3) is 0 Å². The second-order valence-electron chi connectivity index (χ2n) is 13.6. The van der Waals surface area contributed by atoms with Gasteiger partial charge in [-0.1, -0.05) is 166 Å². The maximum atomic E-state index is 5.07. The van der Waals surface area contributed by atoms with Crippen molar-refractivity contribution < 1.29 is 0 Å². The molecule has 0 N–H and O–H groups in total. The van der Waals surface area contributed by atoms with Crippen molar-refractivity contribution in [2.45, 2.75) is 19.3 Å². The predicted molar refractivity (Wildman–Crippen MR) is 206 cm³/mol. The molecule has 7 aromatic carbocycles. The lowest BCUT2D eigenvalue weighted by molar-refractivity contribution is 0.666. The van der Waals surface area contributed by atoms with Gasteiger partial charge in [-0.2, -0.15) is 0 Å². The molecule has 0 radical (unpaired) electrons. The third kappa shape index (κ3) is 4.98. The van der Waals surface area contributed by atoms with E-state index in [4.69, 9.17) is 4.98 Å². The van der Waals surface area contributed by atoms with E-state index in [0.29, 0.717) is 0 Å². The lowest BCUT2D eigenvalue weighted by Crippen LogP contribution is -2.15. The van der Waals surface area contributed by atoms with Crippen LogP contribution in [0, 0.1) is 0 Å². The topological polar surface area (TPSA) is 12.9 Å². The highest BCUT2D eigenvalue weighted by atomic mass is 14.7. The standard InChI is InChI=1S/C48H35N/c1-48(2)43-23-12-11-22-41(43)46-42(29-38-18-9-10-21-40(38)47(46)48)37-20-13-19-36(28-37)32-24-26-33(27-25-32)39-30-44(34-14-5-3-6-15-34)49-45(31-39)35-16-7-4-8-17-35/h3-31H,1-2H3. The molecule has 232 valence electrons. The van der Waals surface area contributed by atoms with E-state index in [9.17, 15) is 0 Å². The van der Waals surface area contributed by atoms with E-state index in [2.05, 4.69) is 178 Å². The third-order valence-electron chi connectivity index (χ3n) is 10.2. The number of benzene rings is 7. The van der Waals surface area contributed by atoms with Crippen LogP contribution in [0.15, 0.2) is 176 Å². The molecule has 0 spiro atoms. The lowest BCUT2D eigenvalue weighted by atomic mass is 9.79. The van der Waals surface area contributed by atoms with E-state index in [1.54, 1.807) is 0 Å². The summed E-state index contributed by atoms with van der Waals surface area (Å²) in [5.41, 5.74) is 16.9. The molecule has 1 aromatic heterocycles. The normalized spacial score (nSPS) is 12.9. The first-order chi connectivity index (χ1) is 24.0. The van der Waals surface area contributed by atoms with Crippen LogP contribution < -0.4 is 0 Å². The molecule has 1 heterocycles. The van der Waals surface area contributed by atoms with E-state index in [1.807, 2.05) is 12.1 Å². The maximum Gasteiger partial charge on any atom is 0.0715 e. The van der Waals surface area contributed by atoms with Crippen LogP contribution in [0.3, 0.4) is 0 Å². The van der Waals surface area contributed by atoms with Crippen molar-refractivity contribution in [2.75, 3.05) is 0 Å². The molecule has 0 amide bonds. The highest BCUT2D eigenvalue weighted by Gasteiger charge is 2.38. The Morgan fingerprint density at radius 3 is 1.63 bits per heavy atom. The highest BCUT2D eigenvalue weighted by Crippen LogP contribution is 2.54. The Morgan fingerprint density at radius 1 is 0.388 bits per heavy atom. The van der Waals surface area contributed by atoms with E-state index < -0.39 is 0 Å². The number of fused-ring (bicyclic) bond motifs is 5. The molecule has 1 heteroatoms. The largest absolute Gasteiger partial charge is 0.248 e. The number of pyridine rings is 1. The second-order valence-corrected chi connectivity index (χ2v) is 13.6. The summed E-state index contributed by atoms with van der Waals surface area (Å²) >= 11 is 0. The summed E-state index contributed by atoms with van der Waals surface area (Å²) in [4.78, 5) is 5.07. The Balaban J connectivity index is 1.13. The number of nitrogens with zero attached hydrogens (tertiary/aromatic N) is 1. The van der Waals surface area contributed by atoms with E-state index in [0.717, 1.165) is 28.1 Å². The maximum absolute atomic E-state index is 5.07. The van der Waals surface area contributed by atoms with Gasteiger partial charge in [0.1, 0.15) is 0 Å². The molecule has 49 heavy (non-hydrogen) atoms. The third-order valence-corrected chi connectivity index (χ3v) is 10.2. The van der Waals surface area contributed by atoms with Gasteiger partial charge in [0.05, 0.1) is 11.4 Å². The number of hydrogen-bond acceptors (Lipinski definition) is 1. The minimum Gasteiger partial charge on any atom is -0.248 e. The van der Waals surface area contributed by atoms with Gasteiger partial charge in [0, 0.05) is 16.5 Å². The Bertz CT molecular complexity index is 2430. The first-order valence-electron chi connectivity index (χ1n) is 17.0. The number of aromatic nitrogens is 1. The van der Waals surface area contributed by atoms with Crippen LogP contribution in [0.2, 0.25) is 0 Å². The van der Waals surface area contributed by atoms with Gasteiger partial charge in [0.15, 0.2) is 0 Å². The number of rotatable bonds is 5. The highest BCUT2D eigenvalue weighted by molar-refractivity contribution is 6.05. The van der Waals surface area contributed by atoms with Crippen LogP contribution in [0.25, 0.3) is 77.8 Å². The zero-order chi connectivity index (χ0) is 33.0. The molecule has 0 saturated heterocycles. The van der Waals surface area contributed by atoms with Crippen molar-refractivity contribution in [3.05, 3.63) is 187 Å². The van der Waals surface area contributed by atoms with Gasteiger partial charge < -0.3 is 0 Å². The molecule has 9 rings (SSSR count).